The molecule has 0 aliphatic carbocycles. The smallest absolute Gasteiger partial charge is 0.251 e. The summed E-state index contributed by atoms with van der Waals surface area (Å²) in [5, 5.41) is 2.89. The zero-order valence-corrected chi connectivity index (χ0v) is 15.1. The number of rotatable bonds is 5. The highest BCUT2D eigenvalue weighted by Crippen LogP contribution is 2.17. The molecule has 0 unspecified atom stereocenters. The first kappa shape index (κ1) is 18.2. The summed E-state index contributed by atoms with van der Waals surface area (Å²) in [7, 11) is -0.645. The third-order valence-electron chi connectivity index (χ3n) is 3.80. The van der Waals surface area contributed by atoms with E-state index in [2.05, 4.69) is 5.32 Å². The highest BCUT2D eigenvalue weighted by molar-refractivity contribution is 7.89. The Morgan fingerprint density at radius 2 is 1.71 bits per heavy atom. The van der Waals surface area contributed by atoms with Gasteiger partial charge in [0.1, 0.15) is 0 Å². The molecule has 0 saturated carbocycles. The van der Waals surface area contributed by atoms with E-state index in [-0.39, 0.29) is 16.8 Å². The van der Waals surface area contributed by atoms with Crippen LogP contribution in [-0.4, -0.2) is 32.7 Å². The Kier molecular flexibility index (Phi) is 5.41. The van der Waals surface area contributed by atoms with Crippen LogP contribution >= 0.6 is 0 Å². The van der Waals surface area contributed by atoms with Gasteiger partial charge in [0.25, 0.3) is 5.91 Å². The molecule has 24 heavy (non-hydrogen) atoms. The first-order valence-electron chi connectivity index (χ1n) is 7.62. The van der Waals surface area contributed by atoms with Gasteiger partial charge in [0, 0.05) is 19.7 Å². The molecule has 0 aromatic heterocycles. The summed E-state index contributed by atoms with van der Waals surface area (Å²) in [6.07, 6.45) is 0. The Morgan fingerprint density at radius 1 is 1.08 bits per heavy atom. The number of sulfonamides is 1. The maximum atomic E-state index is 12.4. The molecule has 1 amide bonds. The number of aryl methyl sites for hydroxylation is 1. The van der Waals surface area contributed by atoms with E-state index in [1.807, 2.05) is 38.1 Å². The summed E-state index contributed by atoms with van der Waals surface area (Å²) < 4.78 is 25.5. The van der Waals surface area contributed by atoms with Gasteiger partial charge in [-0.05, 0) is 37.6 Å². The maximum absolute atomic E-state index is 12.4. The van der Waals surface area contributed by atoms with Crippen molar-refractivity contribution in [2.75, 3.05) is 14.1 Å². The van der Waals surface area contributed by atoms with Gasteiger partial charge >= 0.3 is 0 Å². The van der Waals surface area contributed by atoms with Gasteiger partial charge < -0.3 is 5.32 Å². The average molecular weight is 346 g/mol. The molecule has 0 bridgehead atoms. The third-order valence-corrected chi connectivity index (χ3v) is 5.61. The number of benzene rings is 2. The number of carbonyl (C=O) groups excluding carboxylic acids is 1. The Bertz CT molecular complexity index is 828. The topological polar surface area (TPSA) is 66.5 Å². The maximum Gasteiger partial charge on any atom is 0.251 e. The normalized spacial score (nSPS) is 12.9. The van der Waals surface area contributed by atoms with Crippen LogP contribution in [0.15, 0.2) is 53.4 Å². The molecule has 0 aliphatic heterocycles. The number of hydrogen-bond acceptors (Lipinski definition) is 3. The van der Waals surface area contributed by atoms with Gasteiger partial charge in [0.15, 0.2) is 0 Å². The summed E-state index contributed by atoms with van der Waals surface area (Å²) in [4.78, 5) is 12.5. The second kappa shape index (κ2) is 7.15. The third kappa shape index (κ3) is 4.01. The van der Waals surface area contributed by atoms with Gasteiger partial charge in [-0.2, -0.15) is 0 Å². The van der Waals surface area contributed by atoms with Crippen molar-refractivity contribution in [2.45, 2.75) is 24.8 Å². The van der Waals surface area contributed by atoms with Crippen LogP contribution in [0.1, 0.15) is 34.5 Å². The van der Waals surface area contributed by atoms with E-state index in [4.69, 9.17) is 0 Å². The Labute approximate surface area is 143 Å². The van der Waals surface area contributed by atoms with Gasteiger partial charge in [0.2, 0.25) is 10.0 Å². The van der Waals surface area contributed by atoms with Crippen LogP contribution in [0.4, 0.5) is 0 Å². The van der Waals surface area contributed by atoms with Crippen molar-refractivity contribution in [1.29, 1.82) is 0 Å². The SMILES string of the molecule is Cc1ccc([C@@H](C)NC(=O)c2cccc(S(=O)(=O)N(C)C)c2)cc1. The summed E-state index contributed by atoms with van der Waals surface area (Å²) in [6, 6.07) is 13.8. The van der Waals surface area contributed by atoms with Crippen LogP contribution in [0.3, 0.4) is 0 Å². The number of hydrogen-bond donors (Lipinski definition) is 1. The minimum atomic E-state index is -3.56. The first-order valence-corrected chi connectivity index (χ1v) is 9.06. The number of carbonyl (C=O) groups is 1. The second-order valence-corrected chi connectivity index (χ2v) is 8.07. The van der Waals surface area contributed by atoms with Crippen molar-refractivity contribution in [3.8, 4) is 0 Å². The summed E-state index contributed by atoms with van der Waals surface area (Å²) >= 11 is 0. The molecule has 2 rings (SSSR count). The van der Waals surface area contributed by atoms with Crippen molar-refractivity contribution in [1.82, 2.24) is 9.62 Å². The van der Waals surface area contributed by atoms with Crippen molar-refractivity contribution >= 4 is 15.9 Å². The lowest BCUT2D eigenvalue weighted by atomic mass is 10.1. The predicted molar refractivity (Wildman–Crippen MR) is 94.4 cm³/mol. The molecular weight excluding hydrogens is 324 g/mol. The van der Waals surface area contributed by atoms with Crippen LogP contribution < -0.4 is 5.32 Å². The molecule has 0 fully saturated rings. The van der Waals surface area contributed by atoms with E-state index >= 15 is 0 Å². The predicted octanol–water partition coefficient (Wildman–Crippen LogP) is 2.74. The van der Waals surface area contributed by atoms with E-state index in [1.54, 1.807) is 12.1 Å². The molecule has 0 aliphatic rings. The summed E-state index contributed by atoms with van der Waals surface area (Å²) in [6.45, 7) is 3.90. The first-order chi connectivity index (χ1) is 11.2. The highest BCUT2D eigenvalue weighted by Gasteiger charge is 2.19. The van der Waals surface area contributed by atoms with E-state index in [1.165, 1.54) is 26.2 Å². The molecule has 1 atom stereocenters. The molecule has 128 valence electrons. The Hall–Kier alpha value is -2.18. The van der Waals surface area contributed by atoms with Crippen LogP contribution in [0.2, 0.25) is 0 Å². The molecule has 0 radical (unpaired) electrons. The molecule has 5 nitrogen and oxygen atoms in total. The van der Waals surface area contributed by atoms with Gasteiger partial charge in [-0.25, -0.2) is 12.7 Å². The largest absolute Gasteiger partial charge is 0.346 e. The number of nitrogens with zero attached hydrogens (tertiary/aromatic N) is 1. The van der Waals surface area contributed by atoms with E-state index in [0.717, 1.165) is 15.4 Å². The lowest BCUT2D eigenvalue weighted by Gasteiger charge is -2.16. The standard InChI is InChI=1S/C18H22N2O3S/c1-13-8-10-15(11-9-13)14(2)19-18(21)16-6-5-7-17(12-16)24(22,23)20(3)4/h5-12,14H,1-4H3,(H,19,21)/t14-/m1/s1. The summed E-state index contributed by atoms with van der Waals surface area (Å²) in [5.74, 6) is -0.307. The molecule has 6 heteroatoms. The van der Waals surface area contributed by atoms with Gasteiger partial charge in [-0.15, -0.1) is 0 Å². The van der Waals surface area contributed by atoms with Crippen LogP contribution in [0, 0.1) is 6.92 Å². The molecule has 2 aromatic carbocycles. The molecular formula is C18H22N2O3S. The second-order valence-electron chi connectivity index (χ2n) is 5.92. The molecule has 1 N–H and O–H groups in total. The fraction of sp³-hybridized carbons (Fsp3) is 0.278. The molecule has 0 spiro atoms. The fourth-order valence-corrected chi connectivity index (χ4v) is 3.18. The lowest BCUT2D eigenvalue weighted by Crippen LogP contribution is -2.27. The van der Waals surface area contributed by atoms with E-state index < -0.39 is 10.0 Å². The Morgan fingerprint density at radius 3 is 2.29 bits per heavy atom. The zero-order chi connectivity index (χ0) is 17.9. The van der Waals surface area contributed by atoms with Gasteiger partial charge in [-0.3, -0.25) is 4.79 Å². The van der Waals surface area contributed by atoms with Crippen molar-refractivity contribution in [3.05, 3.63) is 65.2 Å². The number of nitrogens with one attached hydrogen (secondary N) is 1. The minimum absolute atomic E-state index is 0.100. The van der Waals surface area contributed by atoms with Gasteiger partial charge in [-0.1, -0.05) is 35.9 Å². The average Bonchev–Trinajstić information content (AvgIpc) is 2.55. The molecule has 0 heterocycles. The highest BCUT2D eigenvalue weighted by atomic mass is 32.2. The van der Waals surface area contributed by atoms with Crippen LogP contribution in [-0.2, 0) is 10.0 Å². The van der Waals surface area contributed by atoms with Crippen molar-refractivity contribution in [3.63, 3.8) is 0 Å². The molecule has 0 saturated heterocycles. The van der Waals surface area contributed by atoms with Gasteiger partial charge in [0.05, 0.1) is 10.9 Å². The quantitative estimate of drug-likeness (QED) is 0.905. The fourth-order valence-electron chi connectivity index (χ4n) is 2.23. The van der Waals surface area contributed by atoms with Crippen molar-refractivity contribution in [2.24, 2.45) is 0 Å². The summed E-state index contributed by atoms with van der Waals surface area (Å²) in [5.41, 5.74) is 2.46. The van der Waals surface area contributed by atoms with E-state index in [0.29, 0.717) is 5.56 Å². The van der Waals surface area contributed by atoms with Crippen LogP contribution in [0.25, 0.3) is 0 Å². The zero-order valence-electron chi connectivity index (χ0n) is 14.3. The van der Waals surface area contributed by atoms with Crippen LogP contribution in [0.5, 0.6) is 0 Å². The van der Waals surface area contributed by atoms with E-state index in [9.17, 15) is 13.2 Å². The van der Waals surface area contributed by atoms with Crippen molar-refractivity contribution < 1.29 is 13.2 Å². The monoisotopic (exact) mass is 346 g/mol. The lowest BCUT2D eigenvalue weighted by molar-refractivity contribution is 0.0939. The Balaban J connectivity index is 2.20. The minimum Gasteiger partial charge on any atom is -0.346 e. The molecule has 2 aromatic rings. The number of amides is 1.